The molecule has 3 aromatic rings. The van der Waals surface area contributed by atoms with Gasteiger partial charge < -0.3 is 4.42 Å². The van der Waals surface area contributed by atoms with Crippen LogP contribution in [0, 0.1) is 0 Å². The van der Waals surface area contributed by atoms with E-state index in [1.807, 2.05) is 48.5 Å². The molecule has 1 saturated heterocycles. The van der Waals surface area contributed by atoms with Gasteiger partial charge in [-0.15, -0.1) is 10.2 Å². The minimum Gasteiger partial charge on any atom is -0.419 e. The number of imide groups is 1. The molecule has 2 heterocycles. The number of urea groups is 1. The molecule has 0 saturated carbocycles. The van der Waals surface area contributed by atoms with Crippen molar-refractivity contribution in [2.24, 2.45) is 0 Å². The molecule has 7 heteroatoms. The van der Waals surface area contributed by atoms with Gasteiger partial charge in [-0.3, -0.25) is 14.6 Å². The number of carbonyl (C=O) groups is 2. The van der Waals surface area contributed by atoms with Gasteiger partial charge in [0.05, 0.1) is 0 Å². The van der Waals surface area contributed by atoms with E-state index in [4.69, 9.17) is 4.42 Å². The summed E-state index contributed by atoms with van der Waals surface area (Å²) in [6.45, 7) is 1.65. The smallest absolute Gasteiger partial charge is 0.332 e. The Kier molecular flexibility index (Phi) is 3.96. The zero-order valence-corrected chi connectivity index (χ0v) is 14.1. The number of nitrogens with zero attached hydrogens (tertiary/aromatic N) is 4. The fraction of sp³-hybridized carbons (Fsp3) is 0.158. The van der Waals surface area contributed by atoms with Crippen LogP contribution in [-0.4, -0.2) is 33.1 Å². The van der Waals surface area contributed by atoms with E-state index < -0.39 is 12.1 Å². The van der Waals surface area contributed by atoms with E-state index in [2.05, 4.69) is 10.2 Å². The molecule has 130 valence electrons. The molecule has 26 heavy (non-hydrogen) atoms. The SMILES string of the molecule is CC1C(=O)N(Cc2nnc(-c3ccccc3)o2)C(=O)N1c1ccccc1. The lowest BCUT2D eigenvalue weighted by molar-refractivity contribution is -0.127. The highest BCUT2D eigenvalue weighted by molar-refractivity contribution is 6.13. The van der Waals surface area contributed by atoms with Crippen molar-refractivity contribution in [3.63, 3.8) is 0 Å². The van der Waals surface area contributed by atoms with Crippen molar-refractivity contribution in [3.8, 4) is 11.5 Å². The van der Waals surface area contributed by atoms with Crippen LogP contribution < -0.4 is 4.90 Å². The lowest BCUT2D eigenvalue weighted by atomic mass is 10.2. The monoisotopic (exact) mass is 348 g/mol. The molecule has 0 spiro atoms. The second-order valence-electron chi connectivity index (χ2n) is 5.96. The fourth-order valence-electron chi connectivity index (χ4n) is 2.94. The Hall–Kier alpha value is -3.48. The van der Waals surface area contributed by atoms with Gasteiger partial charge in [0.25, 0.3) is 5.91 Å². The van der Waals surface area contributed by atoms with E-state index >= 15 is 0 Å². The largest absolute Gasteiger partial charge is 0.419 e. The van der Waals surface area contributed by atoms with E-state index in [-0.39, 0.29) is 18.3 Å². The molecule has 0 bridgehead atoms. The average molecular weight is 348 g/mol. The first-order chi connectivity index (χ1) is 12.6. The van der Waals surface area contributed by atoms with E-state index in [0.717, 1.165) is 10.5 Å². The van der Waals surface area contributed by atoms with E-state index in [1.54, 1.807) is 19.1 Å². The van der Waals surface area contributed by atoms with E-state index in [1.165, 1.54) is 4.90 Å². The summed E-state index contributed by atoms with van der Waals surface area (Å²) in [5.41, 5.74) is 1.46. The van der Waals surface area contributed by atoms with Gasteiger partial charge in [-0.25, -0.2) is 4.79 Å². The first kappa shape index (κ1) is 16.0. The highest BCUT2D eigenvalue weighted by Gasteiger charge is 2.43. The third kappa shape index (κ3) is 2.73. The predicted molar refractivity (Wildman–Crippen MR) is 94.1 cm³/mol. The molecule has 0 radical (unpaired) electrons. The third-order valence-corrected chi connectivity index (χ3v) is 4.26. The molecule has 7 nitrogen and oxygen atoms in total. The Bertz CT molecular complexity index is 940. The van der Waals surface area contributed by atoms with Gasteiger partial charge in [0.1, 0.15) is 12.6 Å². The Morgan fingerprint density at radius 2 is 1.62 bits per heavy atom. The van der Waals surface area contributed by atoms with E-state index in [0.29, 0.717) is 11.6 Å². The number of rotatable bonds is 4. The first-order valence-corrected chi connectivity index (χ1v) is 8.22. The van der Waals surface area contributed by atoms with Crippen LogP contribution in [0.4, 0.5) is 10.5 Å². The van der Waals surface area contributed by atoms with Crippen LogP contribution in [0.15, 0.2) is 65.1 Å². The Balaban J connectivity index is 1.56. The number of amides is 3. The summed E-state index contributed by atoms with van der Waals surface area (Å²) in [5, 5.41) is 7.96. The predicted octanol–water partition coefficient (Wildman–Crippen LogP) is 3.09. The fourth-order valence-corrected chi connectivity index (χ4v) is 2.94. The number of benzene rings is 2. The standard InChI is InChI=1S/C19H16N4O3/c1-13-18(24)22(19(25)23(13)15-10-6-3-7-11-15)12-16-20-21-17(26-16)14-8-4-2-5-9-14/h2-11,13H,12H2,1H3. The number of hydrogen-bond acceptors (Lipinski definition) is 5. The molecule has 3 amide bonds. The summed E-state index contributed by atoms with van der Waals surface area (Å²) in [6.07, 6.45) is 0. The molecule has 1 atom stereocenters. The Morgan fingerprint density at radius 1 is 0.962 bits per heavy atom. The molecule has 1 aromatic heterocycles. The average Bonchev–Trinajstić information content (AvgIpc) is 3.23. The molecule has 4 rings (SSSR count). The molecular formula is C19H16N4O3. The number of aromatic nitrogens is 2. The lowest BCUT2D eigenvalue weighted by Gasteiger charge is -2.18. The molecule has 0 aliphatic carbocycles. The minimum absolute atomic E-state index is 0.0504. The minimum atomic E-state index is -0.582. The first-order valence-electron chi connectivity index (χ1n) is 8.22. The van der Waals surface area contributed by atoms with Crippen molar-refractivity contribution in [3.05, 3.63) is 66.6 Å². The van der Waals surface area contributed by atoms with E-state index in [9.17, 15) is 9.59 Å². The second-order valence-corrected chi connectivity index (χ2v) is 5.96. The summed E-state index contributed by atoms with van der Waals surface area (Å²) in [5.74, 6) is 0.277. The van der Waals surface area contributed by atoms with Crippen LogP contribution in [0.5, 0.6) is 0 Å². The quantitative estimate of drug-likeness (QED) is 0.677. The van der Waals surface area contributed by atoms with Gasteiger partial charge in [0.15, 0.2) is 0 Å². The van der Waals surface area contributed by atoms with Crippen molar-refractivity contribution in [2.75, 3.05) is 4.90 Å². The molecule has 1 unspecified atom stereocenters. The van der Waals surface area contributed by atoms with Crippen LogP contribution in [-0.2, 0) is 11.3 Å². The highest BCUT2D eigenvalue weighted by Crippen LogP contribution is 2.27. The van der Waals surface area contributed by atoms with Gasteiger partial charge in [0, 0.05) is 11.3 Å². The normalized spacial score (nSPS) is 17.2. The maximum atomic E-state index is 12.7. The third-order valence-electron chi connectivity index (χ3n) is 4.26. The molecular weight excluding hydrogens is 332 g/mol. The zero-order chi connectivity index (χ0) is 18.1. The summed E-state index contributed by atoms with van der Waals surface area (Å²) in [6, 6.07) is 17.5. The van der Waals surface area contributed by atoms with Crippen molar-refractivity contribution < 1.29 is 14.0 Å². The molecule has 1 fully saturated rings. The van der Waals surface area contributed by atoms with Crippen molar-refractivity contribution in [2.45, 2.75) is 19.5 Å². The van der Waals surface area contributed by atoms with Gasteiger partial charge in [-0.1, -0.05) is 36.4 Å². The van der Waals surface area contributed by atoms with Gasteiger partial charge in [-0.05, 0) is 31.2 Å². The number of para-hydroxylation sites is 1. The summed E-state index contributed by atoms with van der Waals surface area (Å²) in [7, 11) is 0. The Morgan fingerprint density at radius 3 is 2.31 bits per heavy atom. The van der Waals surface area contributed by atoms with Gasteiger partial charge in [0.2, 0.25) is 11.8 Å². The van der Waals surface area contributed by atoms with Gasteiger partial charge in [-0.2, -0.15) is 0 Å². The van der Waals surface area contributed by atoms with Gasteiger partial charge >= 0.3 is 6.03 Å². The number of anilines is 1. The van der Waals surface area contributed by atoms with Crippen LogP contribution in [0.2, 0.25) is 0 Å². The maximum Gasteiger partial charge on any atom is 0.332 e. The molecule has 0 N–H and O–H groups in total. The van der Waals surface area contributed by atoms with Crippen molar-refractivity contribution >= 4 is 17.6 Å². The van der Waals surface area contributed by atoms with Crippen LogP contribution in [0.3, 0.4) is 0 Å². The second kappa shape index (κ2) is 6.44. The molecule has 2 aromatic carbocycles. The number of carbonyl (C=O) groups excluding carboxylic acids is 2. The van der Waals surface area contributed by atoms with Crippen LogP contribution in [0.25, 0.3) is 11.5 Å². The van der Waals surface area contributed by atoms with Crippen molar-refractivity contribution in [1.82, 2.24) is 15.1 Å². The molecule has 1 aliphatic heterocycles. The summed E-state index contributed by atoms with van der Waals surface area (Å²) < 4.78 is 5.62. The summed E-state index contributed by atoms with van der Waals surface area (Å²) in [4.78, 5) is 27.9. The highest BCUT2D eigenvalue weighted by atomic mass is 16.4. The zero-order valence-electron chi connectivity index (χ0n) is 14.1. The maximum absolute atomic E-state index is 12.7. The lowest BCUT2D eigenvalue weighted by Crippen LogP contribution is -2.33. The van der Waals surface area contributed by atoms with Crippen LogP contribution >= 0.6 is 0 Å². The molecule has 1 aliphatic rings. The Labute approximate surface area is 149 Å². The number of hydrogen-bond donors (Lipinski definition) is 0. The van der Waals surface area contributed by atoms with Crippen molar-refractivity contribution in [1.29, 1.82) is 0 Å². The topological polar surface area (TPSA) is 79.5 Å². The summed E-state index contributed by atoms with van der Waals surface area (Å²) >= 11 is 0. The van der Waals surface area contributed by atoms with Crippen LogP contribution in [0.1, 0.15) is 12.8 Å².